The molecule has 0 radical (unpaired) electrons. The van der Waals surface area contributed by atoms with E-state index in [9.17, 15) is 4.79 Å². The van der Waals surface area contributed by atoms with Gasteiger partial charge in [0.1, 0.15) is 0 Å². The summed E-state index contributed by atoms with van der Waals surface area (Å²) in [5.74, 6) is 0.235. The molecule has 58 valence electrons. The van der Waals surface area contributed by atoms with E-state index < -0.39 is 0 Å². The summed E-state index contributed by atoms with van der Waals surface area (Å²) in [6.07, 6.45) is 1.67. The zero-order valence-corrected chi connectivity index (χ0v) is 6.13. The van der Waals surface area contributed by atoms with Gasteiger partial charge >= 0.3 is 0 Å². The van der Waals surface area contributed by atoms with Crippen molar-refractivity contribution < 1.29 is 9.90 Å². The Kier molecular flexibility index (Phi) is 2.27. The molecular formula is C7H13NO2. The molecule has 0 bridgehead atoms. The van der Waals surface area contributed by atoms with Gasteiger partial charge in [-0.05, 0) is 12.8 Å². The van der Waals surface area contributed by atoms with E-state index in [1.807, 2.05) is 6.92 Å². The fourth-order valence-electron chi connectivity index (χ4n) is 1.30. The largest absolute Gasteiger partial charge is 0.394 e. The van der Waals surface area contributed by atoms with Crippen LogP contribution in [0.2, 0.25) is 0 Å². The first-order valence-electron chi connectivity index (χ1n) is 3.69. The van der Waals surface area contributed by atoms with Crippen LogP contribution in [0.25, 0.3) is 0 Å². The van der Waals surface area contributed by atoms with Crippen LogP contribution in [-0.4, -0.2) is 23.7 Å². The lowest BCUT2D eigenvalue weighted by molar-refractivity contribution is -0.122. The Morgan fingerprint density at radius 2 is 2.50 bits per heavy atom. The molecule has 1 saturated heterocycles. The number of aliphatic hydroxyl groups excluding tert-OH is 1. The lowest BCUT2D eigenvalue weighted by atomic mass is 10.0. The highest BCUT2D eigenvalue weighted by Gasteiger charge is 2.29. The van der Waals surface area contributed by atoms with Gasteiger partial charge in [0.15, 0.2) is 0 Å². The van der Waals surface area contributed by atoms with Crippen molar-refractivity contribution in [3.05, 3.63) is 0 Å². The predicted octanol–water partition coefficient (Wildman–Crippen LogP) is -0.107. The molecule has 2 atom stereocenters. The van der Waals surface area contributed by atoms with Crippen molar-refractivity contribution in [1.29, 1.82) is 0 Å². The van der Waals surface area contributed by atoms with Gasteiger partial charge in [-0.15, -0.1) is 0 Å². The van der Waals surface area contributed by atoms with Crippen molar-refractivity contribution in [3.8, 4) is 0 Å². The number of rotatable bonds is 2. The summed E-state index contributed by atoms with van der Waals surface area (Å²) in [6.45, 7) is 2.06. The van der Waals surface area contributed by atoms with Gasteiger partial charge < -0.3 is 10.4 Å². The normalized spacial score (nSPS) is 32.4. The molecule has 1 amide bonds. The standard InChI is InChI=1S/C7H13NO2/c1-2-5-3-6(4-9)8-7(5)10/h5-6,9H,2-4H2,1H3,(H,8,10)/t5-,6-/m0/s1. The van der Waals surface area contributed by atoms with E-state index >= 15 is 0 Å². The van der Waals surface area contributed by atoms with Crippen molar-refractivity contribution in [1.82, 2.24) is 5.32 Å². The fraction of sp³-hybridized carbons (Fsp3) is 0.857. The van der Waals surface area contributed by atoms with E-state index in [0.29, 0.717) is 0 Å². The SMILES string of the molecule is CC[C@H]1C[C@@H](CO)NC1=O. The molecule has 0 spiro atoms. The van der Waals surface area contributed by atoms with Crippen molar-refractivity contribution >= 4 is 5.91 Å². The third-order valence-electron chi connectivity index (χ3n) is 2.00. The van der Waals surface area contributed by atoms with Gasteiger partial charge in [0.2, 0.25) is 5.91 Å². The summed E-state index contributed by atoms with van der Waals surface area (Å²) in [5.41, 5.74) is 0. The second kappa shape index (κ2) is 3.01. The summed E-state index contributed by atoms with van der Waals surface area (Å²) in [6, 6.07) is 0.0115. The Bertz CT molecular complexity index is 136. The Morgan fingerprint density at radius 3 is 2.80 bits per heavy atom. The van der Waals surface area contributed by atoms with Crippen LogP contribution in [-0.2, 0) is 4.79 Å². The summed E-state index contributed by atoms with van der Waals surface area (Å²) >= 11 is 0. The van der Waals surface area contributed by atoms with E-state index in [-0.39, 0.29) is 24.5 Å². The maximum absolute atomic E-state index is 11.0. The first kappa shape index (κ1) is 7.54. The molecule has 1 rings (SSSR count). The molecular weight excluding hydrogens is 130 g/mol. The van der Waals surface area contributed by atoms with Crippen molar-refractivity contribution in [2.75, 3.05) is 6.61 Å². The topological polar surface area (TPSA) is 49.3 Å². The number of carbonyl (C=O) groups excluding carboxylic acids is 1. The highest BCUT2D eigenvalue weighted by Crippen LogP contribution is 2.17. The minimum Gasteiger partial charge on any atom is -0.394 e. The van der Waals surface area contributed by atoms with Gasteiger partial charge in [-0.1, -0.05) is 6.92 Å². The van der Waals surface area contributed by atoms with Gasteiger partial charge in [0.05, 0.1) is 12.6 Å². The van der Waals surface area contributed by atoms with E-state index in [1.54, 1.807) is 0 Å². The Balaban J connectivity index is 2.44. The van der Waals surface area contributed by atoms with Crippen molar-refractivity contribution in [2.45, 2.75) is 25.8 Å². The molecule has 10 heavy (non-hydrogen) atoms. The number of hydrogen-bond donors (Lipinski definition) is 2. The molecule has 0 saturated carbocycles. The first-order chi connectivity index (χ1) is 4.77. The molecule has 3 nitrogen and oxygen atoms in total. The third-order valence-corrected chi connectivity index (χ3v) is 2.00. The van der Waals surface area contributed by atoms with Gasteiger partial charge in [-0.25, -0.2) is 0 Å². The van der Waals surface area contributed by atoms with E-state index in [4.69, 9.17) is 5.11 Å². The number of nitrogens with one attached hydrogen (secondary N) is 1. The Morgan fingerprint density at radius 1 is 1.80 bits per heavy atom. The van der Waals surface area contributed by atoms with Crippen LogP contribution in [0.1, 0.15) is 19.8 Å². The highest BCUT2D eigenvalue weighted by molar-refractivity contribution is 5.81. The zero-order chi connectivity index (χ0) is 7.56. The van der Waals surface area contributed by atoms with Crippen LogP contribution in [0.4, 0.5) is 0 Å². The molecule has 0 aromatic carbocycles. The summed E-state index contributed by atoms with van der Waals surface area (Å²) < 4.78 is 0. The monoisotopic (exact) mass is 143 g/mol. The average molecular weight is 143 g/mol. The van der Waals surface area contributed by atoms with Crippen LogP contribution < -0.4 is 5.32 Å². The third kappa shape index (κ3) is 1.29. The van der Waals surface area contributed by atoms with E-state index in [1.165, 1.54) is 0 Å². The van der Waals surface area contributed by atoms with Crippen LogP contribution in [0.3, 0.4) is 0 Å². The van der Waals surface area contributed by atoms with Gasteiger partial charge in [0, 0.05) is 5.92 Å². The molecule has 0 aliphatic carbocycles. The number of amides is 1. The highest BCUT2D eigenvalue weighted by atomic mass is 16.3. The predicted molar refractivity (Wildman–Crippen MR) is 37.4 cm³/mol. The molecule has 1 heterocycles. The Hall–Kier alpha value is -0.570. The molecule has 1 aliphatic heterocycles. The minimum absolute atomic E-state index is 0.0115. The fourth-order valence-corrected chi connectivity index (χ4v) is 1.30. The maximum atomic E-state index is 11.0. The number of aliphatic hydroxyl groups is 1. The average Bonchev–Trinajstić information content (AvgIpc) is 2.30. The van der Waals surface area contributed by atoms with Gasteiger partial charge in [0.25, 0.3) is 0 Å². The lowest BCUT2D eigenvalue weighted by Crippen LogP contribution is -2.28. The number of carbonyl (C=O) groups is 1. The molecule has 0 aromatic heterocycles. The van der Waals surface area contributed by atoms with Crippen molar-refractivity contribution in [3.63, 3.8) is 0 Å². The lowest BCUT2D eigenvalue weighted by Gasteiger charge is -2.02. The summed E-state index contributed by atoms with van der Waals surface area (Å²) in [5, 5.41) is 11.4. The quantitative estimate of drug-likeness (QED) is 0.566. The van der Waals surface area contributed by atoms with Crippen LogP contribution in [0.5, 0.6) is 0 Å². The molecule has 3 heteroatoms. The molecule has 2 N–H and O–H groups in total. The summed E-state index contributed by atoms with van der Waals surface area (Å²) in [4.78, 5) is 11.0. The van der Waals surface area contributed by atoms with E-state index in [0.717, 1.165) is 12.8 Å². The Labute approximate surface area is 60.4 Å². The minimum atomic E-state index is 0.0115. The molecule has 0 unspecified atom stereocenters. The molecule has 0 aromatic rings. The van der Waals surface area contributed by atoms with Crippen molar-refractivity contribution in [2.24, 2.45) is 5.92 Å². The summed E-state index contributed by atoms with van der Waals surface area (Å²) in [7, 11) is 0. The van der Waals surface area contributed by atoms with Crippen LogP contribution in [0, 0.1) is 5.92 Å². The second-order valence-electron chi connectivity index (χ2n) is 2.73. The smallest absolute Gasteiger partial charge is 0.223 e. The van der Waals surface area contributed by atoms with Crippen LogP contribution in [0.15, 0.2) is 0 Å². The number of hydrogen-bond acceptors (Lipinski definition) is 2. The first-order valence-corrected chi connectivity index (χ1v) is 3.69. The van der Waals surface area contributed by atoms with Gasteiger partial charge in [-0.3, -0.25) is 4.79 Å². The maximum Gasteiger partial charge on any atom is 0.223 e. The second-order valence-corrected chi connectivity index (χ2v) is 2.73. The van der Waals surface area contributed by atoms with E-state index in [2.05, 4.69) is 5.32 Å². The molecule has 1 fully saturated rings. The van der Waals surface area contributed by atoms with Crippen LogP contribution >= 0.6 is 0 Å². The zero-order valence-electron chi connectivity index (χ0n) is 6.13. The molecule has 1 aliphatic rings. The van der Waals surface area contributed by atoms with Gasteiger partial charge in [-0.2, -0.15) is 0 Å².